The summed E-state index contributed by atoms with van der Waals surface area (Å²) in [4.78, 5) is 29.8. The second-order valence-electron chi connectivity index (χ2n) is 7.80. The summed E-state index contributed by atoms with van der Waals surface area (Å²) in [5.41, 5.74) is 3.88. The van der Waals surface area contributed by atoms with E-state index >= 15 is 0 Å². The molecule has 0 radical (unpaired) electrons. The normalized spacial score (nSPS) is 23.9. The van der Waals surface area contributed by atoms with E-state index in [1.165, 1.54) is 5.56 Å². The number of carbonyl (C=O) groups is 2. The summed E-state index contributed by atoms with van der Waals surface area (Å²) in [7, 11) is 0. The molecule has 4 rings (SSSR count). The van der Waals surface area contributed by atoms with Crippen LogP contribution in [0.1, 0.15) is 40.9 Å². The number of amides is 1. The van der Waals surface area contributed by atoms with Crippen LogP contribution in [0.3, 0.4) is 0 Å². The van der Waals surface area contributed by atoms with Crippen LogP contribution in [0.2, 0.25) is 0 Å². The SMILES string of the molecule is Cc1[nH]c2c(C(=O)N3CCC([C@@H]4OCCC4C(=O)O)CC3)cccc2c1C. The number of H-pyrrole nitrogens is 1. The number of aromatic nitrogens is 1. The van der Waals surface area contributed by atoms with Gasteiger partial charge in [0.2, 0.25) is 0 Å². The van der Waals surface area contributed by atoms with Gasteiger partial charge < -0.3 is 19.7 Å². The molecular formula is C21H26N2O4. The molecule has 0 aliphatic carbocycles. The van der Waals surface area contributed by atoms with Crippen LogP contribution in [0.15, 0.2) is 18.2 Å². The quantitative estimate of drug-likeness (QED) is 0.870. The maximum absolute atomic E-state index is 13.1. The molecule has 1 amide bonds. The summed E-state index contributed by atoms with van der Waals surface area (Å²) >= 11 is 0. The Labute approximate surface area is 158 Å². The van der Waals surface area contributed by atoms with Crippen LogP contribution in [0.5, 0.6) is 0 Å². The highest BCUT2D eigenvalue weighted by Crippen LogP contribution is 2.34. The minimum atomic E-state index is -0.764. The van der Waals surface area contributed by atoms with Crippen molar-refractivity contribution in [3.8, 4) is 0 Å². The van der Waals surface area contributed by atoms with E-state index in [9.17, 15) is 14.7 Å². The maximum atomic E-state index is 13.1. The first kappa shape index (κ1) is 18.0. The molecule has 27 heavy (non-hydrogen) atoms. The van der Waals surface area contributed by atoms with Gasteiger partial charge >= 0.3 is 5.97 Å². The number of rotatable bonds is 3. The zero-order chi connectivity index (χ0) is 19.1. The third-order valence-electron chi connectivity index (χ3n) is 6.32. The van der Waals surface area contributed by atoms with Crippen molar-refractivity contribution in [2.75, 3.05) is 19.7 Å². The fraction of sp³-hybridized carbons (Fsp3) is 0.524. The zero-order valence-corrected chi connectivity index (χ0v) is 15.8. The summed E-state index contributed by atoms with van der Waals surface area (Å²) in [6.07, 6.45) is 1.96. The standard InChI is InChI=1S/C21H26N2O4/c1-12-13(2)22-18-15(12)4-3-5-16(18)20(24)23-9-6-14(7-10-23)19-17(21(25)26)8-11-27-19/h3-5,14,17,19,22H,6-11H2,1-2H3,(H,25,26)/t17?,19-/m0/s1. The lowest BCUT2D eigenvalue weighted by Gasteiger charge is -2.35. The molecule has 0 bridgehead atoms. The number of hydrogen-bond donors (Lipinski definition) is 2. The minimum Gasteiger partial charge on any atom is -0.481 e. The summed E-state index contributed by atoms with van der Waals surface area (Å²) < 4.78 is 5.73. The Morgan fingerprint density at radius 3 is 2.63 bits per heavy atom. The van der Waals surface area contributed by atoms with Crippen LogP contribution in [0.25, 0.3) is 10.9 Å². The van der Waals surface area contributed by atoms with Gasteiger partial charge in [0.05, 0.1) is 23.1 Å². The molecule has 2 fully saturated rings. The highest BCUT2D eigenvalue weighted by Gasteiger charge is 2.40. The molecule has 2 aromatic rings. The van der Waals surface area contributed by atoms with Crippen molar-refractivity contribution in [3.63, 3.8) is 0 Å². The lowest BCUT2D eigenvalue weighted by Crippen LogP contribution is -2.43. The van der Waals surface area contributed by atoms with Gasteiger partial charge in [-0.1, -0.05) is 12.1 Å². The Morgan fingerprint density at radius 2 is 1.93 bits per heavy atom. The molecule has 1 unspecified atom stereocenters. The second kappa shape index (κ2) is 7.00. The first-order valence-corrected chi connectivity index (χ1v) is 9.69. The fourth-order valence-corrected chi connectivity index (χ4v) is 4.60. The number of para-hydroxylation sites is 1. The van der Waals surface area contributed by atoms with Crippen molar-refractivity contribution < 1.29 is 19.4 Å². The number of nitrogens with one attached hydrogen (secondary N) is 1. The number of benzene rings is 1. The van der Waals surface area contributed by atoms with Gasteiger partial charge in [-0.05, 0) is 50.7 Å². The molecule has 2 N–H and O–H groups in total. The Balaban J connectivity index is 1.48. The van der Waals surface area contributed by atoms with E-state index in [0.29, 0.717) is 31.7 Å². The van der Waals surface area contributed by atoms with Crippen LogP contribution < -0.4 is 0 Å². The largest absolute Gasteiger partial charge is 0.481 e. The molecule has 1 aromatic carbocycles. The number of carboxylic acid groups (broad SMARTS) is 1. The van der Waals surface area contributed by atoms with Gasteiger partial charge in [0.25, 0.3) is 5.91 Å². The molecule has 2 atom stereocenters. The van der Waals surface area contributed by atoms with Gasteiger partial charge in [-0.2, -0.15) is 0 Å². The van der Waals surface area contributed by atoms with Crippen LogP contribution in [0, 0.1) is 25.7 Å². The number of aryl methyl sites for hydroxylation is 2. The van der Waals surface area contributed by atoms with Gasteiger partial charge in [-0.25, -0.2) is 0 Å². The first-order valence-electron chi connectivity index (χ1n) is 9.69. The Bertz CT molecular complexity index is 880. The number of carbonyl (C=O) groups excluding carboxylic acids is 1. The van der Waals surface area contributed by atoms with Gasteiger partial charge in [0.15, 0.2) is 0 Å². The molecule has 144 valence electrons. The lowest BCUT2D eigenvalue weighted by atomic mass is 9.84. The monoisotopic (exact) mass is 370 g/mol. The van der Waals surface area contributed by atoms with Crippen LogP contribution >= 0.6 is 0 Å². The molecule has 1 aromatic heterocycles. The highest BCUT2D eigenvalue weighted by molar-refractivity contribution is 6.06. The number of nitrogens with zero attached hydrogens (tertiary/aromatic N) is 1. The number of aromatic amines is 1. The summed E-state index contributed by atoms with van der Waals surface area (Å²) in [6, 6.07) is 5.86. The van der Waals surface area contributed by atoms with E-state index in [2.05, 4.69) is 11.9 Å². The number of carboxylic acids is 1. The molecular weight excluding hydrogens is 344 g/mol. The zero-order valence-electron chi connectivity index (χ0n) is 15.8. The van der Waals surface area contributed by atoms with Gasteiger partial charge in [0, 0.05) is 30.8 Å². The summed E-state index contributed by atoms with van der Waals surface area (Å²) in [6.45, 7) is 5.90. The van der Waals surface area contributed by atoms with Crippen molar-refractivity contribution >= 4 is 22.8 Å². The van der Waals surface area contributed by atoms with E-state index in [1.54, 1.807) is 0 Å². The second-order valence-corrected chi connectivity index (χ2v) is 7.80. The number of fused-ring (bicyclic) bond motifs is 1. The molecule has 6 heteroatoms. The molecule has 6 nitrogen and oxygen atoms in total. The highest BCUT2D eigenvalue weighted by atomic mass is 16.5. The average Bonchev–Trinajstić information content (AvgIpc) is 3.27. The van der Waals surface area contributed by atoms with Crippen molar-refractivity contribution in [2.24, 2.45) is 11.8 Å². The molecule has 3 heterocycles. The smallest absolute Gasteiger partial charge is 0.309 e. The van der Waals surface area contributed by atoms with Crippen molar-refractivity contribution in [2.45, 2.75) is 39.2 Å². The Hall–Kier alpha value is -2.34. The van der Waals surface area contributed by atoms with E-state index < -0.39 is 11.9 Å². The van der Waals surface area contributed by atoms with E-state index in [4.69, 9.17) is 4.74 Å². The predicted molar refractivity (Wildman–Crippen MR) is 102 cm³/mol. The summed E-state index contributed by atoms with van der Waals surface area (Å²) in [5, 5.41) is 10.5. The Morgan fingerprint density at radius 1 is 1.19 bits per heavy atom. The maximum Gasteiger partial charge on any atom is 0.309 e. The van der Waals surface area contributed by atoms with Crippen molar-refractivity contribution in [3.05, 3.63) is 35.0 Å². The third kappa shape index (κ3) is 3.12. The molecule has 2 saturated heterocycles. The minimum absolute atomic E-state index is 0.0439. The molecule has 2 aliphatic heterocycles. The molecule has 0 spiro atoms. The number of likely N-dealkylation sites (tertiary alicyclic amines) is 1. The topological polar surface area (TPSA) is 82.6 Å². The number of piperidine rings is 1. The number of hydrogen-bond acceptors (Lipinski definition) is 3. The Kier molecular flexibility index (Phi) is 4.68. The fourth-order valence-electron chi connectivity index (χ4n) is 4.60. The molecule has 0 saturated carbocycles. The third-order valence-corrected chi connectivity index (χ3v) is 6.32. The van der Waals surface area contributed by atoms with Crippen molar-refractivity contribution in [1.82, 2.24) is 9.88 Å². The van der Waals surface area contributed by atoms with Crippen molar-refractivity contribution in [1.29, 1.82) is 0 Å². The average molecular weight is 370 g/mol. The number of ether oxygens (including phenoxy) is 1. The summed E-state index contributed by atoms with van der Waals surface area (Å²) in [5.74, 6) is -0.915. The molecule has 2 aliphatic rings. The van der Waals surface area contributed by atoms with E-state index in [-0.39, 0.29) is 17.9 Å². The van der Waals surface area contributed by atoms with Gasteiger partial charge in [0.1, 0.15) is 0 Å². The van der Waals surface area contributed by atoms with Gasteiger partial charge in [-0.3, -0.25) is 9.59 Å². The predicted octanol–water partition coefficient (Wildman–Crippen LogP) is 3.13. The lowest BCUT2D eigenvalue weighted by molar-refractivity contribution is -0.145. The van der Waals surface area contributed by atoms with Crippen LogP contribution in [-0.2, 0) is 9.53 Å². The van der Waals surface area contributed by atoms with Crippen LogP contribution in [-0.4, -0.2) is 52.7 Å². The number of aliphatic carboxylic acids is 1. The van der Waals surface area contributed by atoms with Gasteiger partial charge in [-0.15, -0.1) is 0 Å². The van der Waals surface area contributed by atoms with E-state index in [0.717, 1.165) is 29.4 Å². The first-order chi connectivity index (χ1) is 13.0. The van der Waals surface area contributed by atoms with Crippen LogP contribution in [0.4, 0.5) is 0 Å². The van der Waals surface area contributed by atoms with E-state index in [1.807, 2.05) is 30.0 Å².